The highest BCUT2D eigenvalue weighted by Gasteiger charge is 2.34. The third-order valence-corrected chi connectivity index (χ3v) is 5.43. The summed E-state index contributed by atoms with van der Waals surface area (Å²) in [6, 6.07) is 20.9. The lowest BCUT2D eigenvalue weighted by atomic mass is 9.80. The van der Waals surface area contributed by atoms with Crippen LogP contribution in [0.5, 0.6) is 0 Å². The average molecular weight is 368 g/mol. The van der Waals surface area contributed by atoms with E-state index in [1.807, 2.05) is 36.4 Å². The fourth-order valence-corrected chi connectivity index (χ4v) is 4.16. The van der Waals surface area contributed by atoms with Gasteiger partial charge in [0.05, 0.1) is 0 Å². The van der Waals surface area contributed by atoms with Crippen LogP contribution in [-0.4, -0.2) is 39.9 Å². The highest BCUT2D eigenvalue weighted by molar-refractivity contribution is 5.64. The summed E-state index contributed by atoms with van der Waals surface area (Å²) in [5, 5.41) is 21.6. The molecule has 144 valence electrons. The SMILES string of the molecule is O=C(O)N[C@@H]1CC[C@H](N(Cc2ccccc2)Cc2ccccc2)[C@H](CO)C1. The average Bonchev–Trinajstić information content (AvgIpc) is 2.68. The molecule has 0 aliphatic heterocycles. The number of rotatable bonds is 7. The Balaban J connectivity index is 1.77. The summed E-state index contributed by atoms with van der Waals surface area (Å²) >= 11 is 0. The number of aliphatic hydroxyl groups excluding tert-OH is 1. The zero-order valence-corrected chi connectivity index (χ0v) is 15.5. The monoisotopic (exact) mass is 368 g/mol. The molecule has 0 unspecified atom stereocenters. The summed E-state index contributed by atoms with van der Waals surface area (Å²) in [6.45, 7) is 1.70. The lowest BCUT2D eigenvalue weighted by molar-refractivity contribution is 0.0441. The largest absolute Gasteiger partial charge is 0.465 e. The maximum absolute atomic E-state index is 11.0. The van der Waals surface area contributed by atoms with Gasteiger partial charge in [0.2, 0.25) is 0 Å². The van der Waals surface area contributed by atoms with Crippen LogP contribution in [0.1, 0.15) is 30.4 Å². The molecular weight excluding hydrogens is 340 g/mol. The Labute approximate surface area is 160 Å². The van der Waals surface area contributed by atoms with Crippen molar-refractivity contribution in [1.29, 1.82) is 0 Å². The highest BCUT2D eigenvalue weighted by Crippen LogP contribution is 2.31. The van der Waals surface area contributed by atoms with Crippen molar-refractivity contribution in [1.82, 2.24) is 10.2 Å². The Bertz CT molecular complexity index is 667. The smallest absolute Gasteiger partial charge is 0.404 e. The molecule has 0 aromatic heterocycles. The van der Waals surface area contributed by atoms with Crippen LogP contribution in [0.4, 0.5) is 4.79 Å². The van der Waals surface area contributed by atoms with E-state index in [1.165, 1.54) is 11.1 Å². The predicted octanol–water partition coefficient (Wildman–Crippen LogP) is 3.49. The van der Waals surface area contributed by atoms with Crippen LogP contribution < -0.4 is 5.32 Å². The fourth-order valence-electron chi connectivity index (χ4n) is 4.16. The molecule has 1 aliphatic carbocycles. The summed E-state index contributed by atoms with van der Waals surface area (Å²) < 4.78 is 0. The van der Waals surface area contributed by atoms with Crippen molar-refractivity contribution in [2.75, 3.05) is 6.61 Å². The van der Waals surface area contributed by atoms with Gasteiger partial charge in [-0.05, 0) is 36.3 Å². The second-order valence-electron chi connectivity index (χ2n) is 7.35. The quantitative estimate of drug-likeness (QED) is 0.700. The molecule has 5 heteroatoms. The minimum absolute atomic E-state index is 0.0584. The van der Waals surface area contributed by atoms with Gasteiger partial charge in [0, 0.05) is 31.8 Å². The first-order valence-corrected chi connectivity index (χ1v) is 9.58. The van der Waals surface area contributed by atoms with Crippen LogP contribution in [0.3, 0.4) is 0 Å². The molecule has 0 heterocycles. The zero-order valence-electron chi connectivity index (χ0n) is 15.5. The van der Waals surface area contributed by atoms with Gasteiger partial charge in [-0.3, -0.25) is 4.90 Å². The molecule has 5 nitrogen and oxygen atoms in total. The number of carboxylic acid groups (broad SMARTS) is 1. The van der Waals surface area contributed by atoms with Crippen LogP contribution in [0, 0.1) is 5.92 Å². The van der Waals surface area contributed by atoms with Crippen molar-refractivity contribution in [2.24, 2.45) is 5.92 Å². The Morgan fingerprint density at radius 3 is 2.00 bits per heavy atom. The molecule has 3 rings (SSSR count). The van der Waals surface area contributed by atoms with Gasteiger partial charge >= 0.3 is 6.09 Å². The fraction of sp³-hybridized carbons (Fsp3) is 0.409. The standard InChI is InChI=1S/C22H28N2O3/c25-16-19-13-20(23-22(26)27)11-12-21(19)24(14-17-7-3-1-4-8-17)15-18-9-5-2-6-10-18/h1-10,19-21,23,25H,11-16H2,(H,26,27)/t19-,20+,21-/m0/s1. The molecule has 2 aromatic rings. The number of benzene rings is 2. The van der Waals surface area contributed by atoms with Crippen LogP contribution >= 0.6 is 0 Å². The minimum Gasteiger partial charge on any atom is -0.465 e. The van der Waals surface area contributed by atoms with Crippen molar-refractivity contribution in [2.45, 2.75) is 44.4 Å². The minimum atomic E-state index is -0.986. The summed E-state index contributed by atoms with van der Waals surface area (Å²) in [4.78, 5) is 13.4. The first kappa shape index (κ1) is 19.4. The second-order valence-corrected chi connectivity index (χ2v) is 7.35. The molecule has 1 aliphatic rings. The van der Waals surface area contributed by atoms with Crippen LogP contribution in [0.15, 0.2) is 60.7 Å². The van der Waals surface area contributed by atoms with E-state index >= 15 is 0 Å². The maximum atomic E-state index is 11.0. The van der Waals surface area contributed by atoms with E-state index in [0.29, 0.717) is 6.42 Å². The molecule has 1 fully saturated rings. The van der Waals surface area contributed by atoms with Gasteiger partial charge in [0.15, 0.2) is 0 Å². The molecule has 1 saturated carbocycles. The highest BCUT2D eigenvalue weighted by atomic mass is 16.4. The van der Waals surface area contributed by atoms with E-state index in [4.69, 9.17) is 5.11 Å². The normalized spacial score (nSPS) is 22.5. The summed E-state index contributed by atoms with van der Waals surface area (Å²) in [5.74, 6) is 0.0584. The second kappa shape index (κ2) is 9.53. The van der Waals surface area contributed by atoms with E-state index < -0.39 is 6.09 Å². The number of hydrogen-bond donors (Lipinski definition) is 3. The van der Waals surface area contributed by atoms with Crippen LogP contribution in [0.2, 0.25) is 0 Å². The summed E-state index contributed by atoms with van der Waals surface area (Å²) in [6.07, 6.45) is 1.36. The molecule has 2 aromatic carbocycles. The van der Waals surface area contributed by atoms with Gasteiger partial charge in [-0.15, -0.1) is 0 Å². The topological polar surface area (TPSA) is 72.8 Å². The number of amides is 1. The summed E-state index contributed by atoms with van der Waals surface area (Å²) in [7, 11) is 0. The Morgan fingerprint density at radius 1 is 0.963 bits per heavy atom. The number of hydrogen-bond acceptors (Lipinski definition) is 3. The molecule has 0 radical (unpaired) electrons. The molecule has 3 N–H and O–H groups in total. The van der Waals surface area contributed by atoms with Crippen molar-refractivity contribution in [3.05, 3.63) is 71.8 Å². The van der Waals surface area contributed by atoms with E-state index in [-0.39, 0.29) is 24.6 Å². The third-order valence-electron chi connectivity index (χ3n) is 5.43. The molecule has 0 saturated heterocycles. The van der Waals surface area contributed by atoms with Crippen molar-refractivity contribution >= 4 is 6.09 Å². The maximum Gasteiger partial charge on any atom is 0.404 e. The Morgan fingerprint density at radius 2 is 1.52 bits per heavy atom. The Hall–Kier alpha value is -2.37. The first-order valence-electron chi connectivity index (χ1n) is 9.58. The molecule has 1 amide bonds. The van der Waals surface area contributed by atoms with Gasteiger partial charge in [-0.1, -0.05) is 60.7 Å². The molecule has 0 spiro atoms. The number of nitrogens with zero attached hydrogens (tertiary/aromatic N) is 1. The number of carbonyl (C=O) groups is 1. The molecular formula is C22H28N2O3. The lowest BCUT2D eigenvalue weighted by Crippen LogP contribution is -2.49. The van der Waals surface area contributed by atoms with E-state index in [0.717, 1.165) is 25.9 Å². The van der Waals surface area contributed by atoms with Crippen LogP contribution in [0.25, 0.3) is 0 Å². The van der Waals surface area contributed by atoms with Gasteiger partial charge in [0.1, 0.15) is 0 Å². The van der Waals surface area contributed by atoms with E-state index in [9.17, 15) is 9.90 Å². The van der Waals surface area contributed by atoms with Crippen molar-refractivity contribution in [3.63, 3.8) is 0 Å². The van der Waals surface area contributed by atoms with Gasteiger partial charge < -0.3 is 15.5 Å². The lowest BCUT2D eigenvalue weighted by Gasteiger charge is -2.42. The van der Waals surface area contributed by atoms with Gasteiger partial charge in [0.25, 0.3) is 0 Å². The third kappa shape index (κ3) is 5.55. The van der Waals surface area contributed by atoms with Gasteiger partial charge in [-0.2, -0.15) is 0 Å². The molecule has 3 atom stereocenters. The first-order chi connectivity index (χ1) is 13.2. The van der Waals surface area contributed by atoms with E-state index in [1.54, 1.807) is 0 Å². The van der Waals surface area contributed by atoms with Crippen molar-refractivity contribution in [3.8, 4) is 0 Å². The summed E-state index contributed by atoms with van der Waals surface area (Å²) in [5.41, 5.74) is 2.49. The Kier molecular flexibility index (Phi) is 6.85. The van der Waals surface area contributed by atoms with Crippen LogP contribution in [-0.2, 0) is 13.1 Å². The predicted molar refractivity (Wildman–Crippen MR) is 105 cm³/mol. The van der Waals surface area contributed by atoms with Crippen molar-refractivity contribution < 1.29 is 15.0 Å². The number of aliphatic hydroxyl groups is 1. The van der Waals surface area contributed by atoms with Gasteiger partial charge in [-0.25, -0.2) is 4.79 Å². The molecule has 27 heavy (non-hydrogen) atoms. The van der Waals surface area contributed by atoms with E-state index in [2.05, 4.69) is 34.5 Å². The number of nitrogens with one attached hydrogen (secondary N) is 1. The molecule has 0 bridgehead atoms. The zero-order chi connectivity index (χ0) is 19.1.